The standard InChI is InChI=1S/C15H16/c1-3-7-12(2)14-11-6-9-13-8-4-5-10-15(13)14/h3-12H,1-2H3. The summed E-state index contributed by atoms with van der Waals surface area (Å²) in [6.07, 6.45) is 4.36. The minimum absolute atomic E-state index is 0.487. The SMILES string of the molecule is CC=CC(C)c1cccc2ccccc12. The van der Waals surface area contributed by atoms with Crippen LogP contribution < -0.4 is 0 Å². The normalized spacial score (nSPS) is 13.5. The lowest BCUT2D eigenvalue weighted by Crippen LogP contribution is -1.90. The van der Waals surface area contributed by atoms with E-state index in [1.165, 1.54) is 16.3 Å². The van der Waals surface area contributed by atoms with Crippen LogP contribution in [-0.4, -0.2) is 0 Å². The maximum Gasteiger partial charge on any atom is -0.000440 e. The molecule has 0 radical (unpaired) electrons. The fourth-order valence-corrected chi connectivity index (χ4v) is 2.04. The zero-order valence-electron chi connectivity index (χ0n) is 9.27. The molecule has 0 aliphatic heterocycles. The third-order valence-electron chi connectivity index (χ3n) is 2.80. The van der Waals surface area contributed by atoms with Crippen LogP contribution in [0.25, 0.3) is 10.8 Å². The quantitative estimate of drug-likeness (QED) is 0.619. The Morgan fingerprint density at radius 2 is 1.73 bits per heavy atom. The third kappa shape index (κ3) is 1.94. The van der Waals surface area contributed by atoms with Crippen LogP contribution in [0.5, 0.6) is 0 Å². The summed E-state index contributed by atoms with van der Waals surface area (Å²) in [5, 5.41) is 2.69. The molecule has 2 aromatic carbocycles. The summed E-state index contributed by atoms with van der Waals surface area (Å²) in [4.78, 5) is 0. The highest BCUT2D eigenvalue weighted by molar-refractivity contribution is 5.86. The van der Waals surface area contributed by atoms with Gasteiger partial charge in [0.1, 0.15) is 0 Å². The van der Waals surface area contributed by atoms with Crippen LogP contribution in [0.3, 0.4) is 0 Å². The van der Waals surface area contributed by atoms with Gasteiger partial charge in [-0.1, -0.05) is 61.5 Å². The van der Waals surface area contributed by atoms with Gasteiger partial charge in [0.2, 0.25) is 0 Å². The summed E-state index contributed by atoms with van der Waals surface area (Å²) in [6, 6.07) is 15.1. The van der Waals surface area contributed by atoms with Crippen molar-refractivity contribution in [2.24, 2.45) is 0 Å². The highest BCUT2D eigenvalue weighted by Gasteiger charge is 2.04. The molecule has 2 rings (SSSR count). The van der Waals surface area contributed by atoms with Crippen LogP contribution in [0.1, 0.15) is 25.3 Å². The lowest BCUT2D eigenvalue weighted by molar-refractivity contribution is 0.977. The van der Waals surface area contributed by atoms with Crippen molar-refractivity contribution in [2.45, 2.75) is 19.8 Å². The number of fused-ring (bicyclic) bond motifs is 1. The van der Waals surface area contributed by atoms with Gasteiger partial charge in [-0.15, -0.1) is 0 Å². The highest BCUT2D eigenvalue weighted by Crippen LogP contribution is 2.26. The van der Waals surface area contributed by atoms with Gasteiger partial charge >= 0.3 is 0 Å². The second kappa shape index (κ2) is 4.31. The molecule has 1 unspecified atom stereocenters. The van der Waals surface area contributed by atoms with E-state index >= 15 is 0 Å². The lowest BCUT2D eigenvalue weighted by atomic mass is 9.94. The van der Waals surface area contributed by atoms with Crippen molar-refractivity contribution in [3.63, 3.8) is 0 Å². The van der Waals surface area contributed by atoms with Crippen molar-refractivity contribution in [1.82, 2.24) is 0 Å². The van der Waals surface area contributed by atoms with E-state index in [-0.39, 0.29) is 0 Å². The van der Waals surface area contributed by atoms with Gasteiger partial charge < -0.3 is 0 Å². The van der Waals surface area contributed by atoms with Crippen molar-refractivity contribution in [2.75, 3.05) is 0 Å². The van der Waals surface area contributed by atoms with Crippen molar-refractivity contribution >= 4 is 10.8 Å². The molecule has 0 aromatic heterocycles. The fraction of sp³-hybridized carbons (Fsp3) is 0.200. The molecule has 15 heavy (non-hydrogen) atoms. The maximum absolute atomic E-state index is 2.24. The number of benzene rings is 2. The number of allylic oxidation sites excluding steroid dienone is 2. The average molecular weight is 196 g/mol. The van der Waals surface area contributed by atoms with Gasteiger partial charge in [0.25, 0.3) is 0 Å². The number of hydrogen-bond acceptors (Lipinski definition) is 0. The molecular formula is C15H16. The van der Waals surface area contributed by atoms with E-state index in [1.54, 1.807) is 0 Å². The molecule has 0 saturated carbocycles. The Labute approximate surface area is 91.2 Å². The first-order valence-electron chi connectivity index (χ1n) is 5.43. The molecule has 0 heterocycles. The lowest BCUT2D eigenvalue weighted by Gasteiger charge is -2.10. The molecular weight excluding hydrogens is 180 g/mol. The Balaban J connectivity index is 2.60. The summed E-state index contributed by atoms with van der Waals surface area (Å²) >= 11 is 0. The minimum atomic E-state index is 0.487. The first-order valence-corrected chi connectivity index (χ1v) is 5.43. The second-order valence-electron chi connectivity index (χ2n) is 3.88. The van der Waals surface area contributed by atoms with Crippen molar-refractivity contribution < 1.29 is 0 Å². The van der Waals surface area contributed by atoms with E-state index < -0.39 is 0 Å². The molecule has 0 N–H and O–H groups in total. The molecule has 0 saturated heterocycles. The van der Waals surface area contributed by atoms with Crippen LogP contribution in [0, 0.1) is 0 Å². The minimum Gasteiger partial charge on any atom is -0.0911 e. The Kier molecular flexibility index (Phi) is 2.86. The largest absolute Gasteiger partial charge is 0.0911 e. The summed E-state index contributed by atoms with van der Waals surface area (Å²) in [6.45, 7) is 4.31. The van der Waals surface area contributed by atoms with Crippen molar-refractivity contribution in [1.29, 1.82) is 0 Å². The summed E-state index contributed by atoms with van der Waals surface area (Å²) in [7, 11) is 0. The van der Waals surface area contributed by atoms with Crippen LogP contribution in [0.2, 0.25) is 0 Å². The molecule has 0 fully saturated rings. The fourth-order valence-electron chi connectivity index (χ4n) is 2.04. The molecule has 76 valence electrons. The van der Waals surface area contributed by atoms with Crippen molar-refractivity contribution in [3.05, 3.63) is 60.2 Å². The smallest absolute Gasteiger partial charge is 0.000440 e. The van der Waals surface area contributed by atoms with Gasteiger partial charge in [-0.25, -0.2) is 0 Å². The Morgan fingerprint density at radius 3 is 2.53 bits per heavy atom. The van der Waals surface area contributed by atoms with E-state index in [0.717, 1.165) is 0 Å². The van der Waals surface area contributed by atoms with Crippen LogP contribution in [0.15, 0.2) is 54.6 Å². The highest BCUT2D eigenvalue weighted by atomic mass is 14.1. The molecule has 0 aliphatic carbocycles. The Morgan fingerprint density at radius 1 is 1.00 bits per heavy atom. The topological polar surface area (TPSA) is 0 Å². The van der Waals surface area contributed by atoms with Gasteiger partial charge in [0.15, 0.2) is 0 Å². The number of rotatable bonds is 2. The first-order chi connectivity index (χ1) is 7.33. The van der Waals surface area contributed by atoms with Gasteiger partial charge in [0, 0.05) is 0 Å². The second-order valence-corrected chi connectivity index (χ2v) is 3.88. The maximum atomic E-state index is 2.24. The predicted octanol–water partition coefficient (Wildman–Crippen LogP) is 4.52. The molecule has 1 atom stereocenters. The van der Waals surface area contributed by atoms with E-state index in [9.17, 15) is 0 Å². The van der Waals surface area contributed by atoms with Gasteiger partial charge in [-0.3, -0.25) is 0 Å². The van der Waals surface area contributed by atoms with E-state index in [4.69, 9.17) is 0 Å². The van der Waals surface area contributed by atoms with Crippen LogP contribution in [-0.2, 0) is 0 Å². The summed E-state index contributed by atoms with van der Waals surface area (Å²) < 4.78 is 0. The molecule has 2 aromatic rings. The van der Waals surface area contributed by atoms with Gasteiger partial charge in [-0.05, 0) is 29.2 Å². The molecule has 0 amide bonds. The number of hydrogen-bond donors (Lipinski definition) is 0. The third-order valence-corrected chi connectivity index (χ3v) is 2.80. The summed E-state index contributed by atoms with van der Waals surface area (Å²) in [5.41, 5.74) is 1.41. The molecule has 0 aliphatic rings. The average Bonchev–Trinajstić information content (AvgIpc) is 2.28. The Hall–Kier alpha value is -1.56. The van der Waals surface area contributed by atoms with Gasteiger partial charge in [-0.2, -0.15) is 0 Å². The monoisotopic (exact) mass is 196 g/mol. The zero-order valence-corrected chi connectivity index (χ0v) is 9.27. The predicted molar refractivity (Wildman–Crippen MR) is 67.2 cm³/mol. The molecule has 0 nitrogen and oxygen atoms in total. The molecule has 0 spiro atoms. The summed E-state index contributed by atoms with van der Waals surface area (Å²) in [5.74, 6) is 0.487. The van der Waals surface area contributed by atoms with E-state index in [0.29, 0.717) is 5.92 Å². The molecule has 0 bridgehead atoms. The Bertz CT molecular complexity index is 475. The first kappa shape index (κ1) is 9.97. The van der Waals surface area contributed by atoms with Crippen LogP contribution >= 0.6 is 0 Å². The van der Waals surface area contributed by atoms with E-state index in [1.807, 2.05) is 0 Å². The van der Waals surface area contributed by atoms with Crippen LogP contribution in [0.4, 0.5) is 0 Å². The zero-order chi connectivity index (χ0) is 10.7. The molecule has 0 heteroatoms. The van der Waals surface area contributed by atoms with Gasteiger partial charge in [0.05, 0.1) is 0 Å². The van der Waals surface area contributed by atoms with Crippen molar-refractivity contribution in [3.8, 4) is 0 Å². The van der Waals surface area contributed by atoms with E-state index in [2.05, 4.69) is 68.5 Å².